The smallest absolute Gasteiger partial charge is 0.341 e. The van der Waals surface area contributed by atoms with Gasteiger partial charge in [0.1, 0.15) is 16.9 Å². The van der Waals surface area contributed by atoms with Gasteiger partial charge in [0, 0.05) is 18.9 Å². The summed E-state index contributed by atoms with van der Waals surface area (Å²) in [6.07, 6.45) is 4.84. The van der Waals surface area contributed by atoms with E-state index in [2.05, 4.69) is 15.7 Å². The van der Waals surface area contributed by atoms with Crippen molar-refractivity contribution in [1.29, 1.82) is 0 Å². The van der Waals surface area contributed by atoms with Crippen molar-refractivity contribution in [3.05, 3.63) is 47.8 Å². The van der Waals surface area contributed by atoms with Crippen molar-refractivity contribution < 1.29 is 19.1 Å². The maximum absolute atomic E-state index is 13.1. The molecule has 0 radical (unpaired) electrons. The first-order valence-corrected chi connectivity index (χ1v) is 8.85. The molecule has 1 aliphatic rings. The molecule has 0 saturated carbocycles. The molecule has 2 aromatic rings. The van der Waals surface area contributed by atoms with Gasteiger partial charge in [0.2, 0.25) is 5.91 Å². The lowest BCUT2D eigenvalue weighted by Crippen LogP contribution is -2.54. The van der Waals surface area contributed by atoms with E-state index in [9.17, 15) is 9.59 Å². The summed E-state index contributed by atoms with van der Waals surface area (Å²) in [6.45, 7) is 1.80. The number of amides is 1. The van der Waals surface area contributed by atoms with Crippen LogP contribution in [0.15, 0.2) is 36.7 Å². The average molecular weight is 372 g/mol. The van der Waals surface area contributed by atoms with Gasteiger partial charge >= 0.3 is 5.97 Å². The number of hydrogen-bond acceptors (Lipinski definition) is 6. The molecule has 144 valence electrons. The summed E-state index contributed by atoms with van der Waals surface area (Å²) in [4.78, 5) is 25.0. The van der Waals surface area contributed by atoms with Gasteiger partial charge in [0.15, 0.2) is 0 Å². The van der Waals surface area contributed by atoms with Crippen LogP contribution in [0, 0.1) is 0 Å². The number of carbonyl (C=O) groups excluding carboxylic acids is 2. The number of ether oxygens (including phenoxy) is 2. The van der Waals surface area contributed by atoms with Gasteiger partial charge in [0.25, 0.3) is 0 Å². The monoisotopic (exact) mass is 372 g/mol. The van der Waals surface area contributed by atoms with E-state index < -0.39 is 11.5 Å². The standard InChI is InChI=1S/C19H24N4O4/c1-26-16-5-4-14(12-15(16)17(24)27-2)13-21-18(25)19(6-9-20-10-7-19)23-11-3-8-22-23/h3-5,8,11-12,20H,6-7,9-10,13H2,1-2H3,(H,21,25). The largest absolute Gasteiger partial charge is 0.496 e. The van der Waals surface area contributed by atoms with Crippen LogP contribution in [0.25, 0.3) is 0 Å². The third-order valence-electron chi connectivity index (χ3n) is 4.92. The molecule has 2 N–H and O–H groups in total. The minimum atomic E-state index is -0.702. The van der Waals surface area contributed by atoms with Crippen LogP contribution in [0.3, 0.4) is 0 Å². The second-order valence-electron chi connectivity index (χ2n) is 6.44. The number of nitrogens with one attached hydrogen (secondary N) is 2. The van der Waals surface area contributed by atoms with Gasteiger partial charge in [-0.2, -0.15) is 5.10 Å². The van der Waals surface area contributed by atoms with E-state index in [-0.39, 0.29) is 5.91 Å². The summed E-state index contributed by atoms with van der Waals surface area (Å²) >= 11 is 0. The average Bonchev–Trinajstić information content (AvgIpc) is 3.27. The lowest BCUT2D eigenvalue weighted by atomic mass is 9.87. The molecule has 2 heterocycles. The molecule has 3 rings (SSSR count). The van der Waals surface area contributed by atoms with Gasteiger partial charge in [-0.15, -0.1) is 0 Å². The molecule has 1 fully saturated rings. The Balaban J connectivity index is 1.77. The first-order chi connectivity index (χ1) is 13.1. The highest BCUT2D eigenvalue weighted by atomic mass is 16.5. The quantitative estimate of drug-likeness (QED) is 0.737. The number of carbonyl (C=O) groups is 2. The Kier molecular flexibility index (Phi) is 5.75. The van der Waals surface area contributed by atoms with Crippen molar-refractivity contribution in [2.45, 2.75) is 24.9 Å². The van der Waals surface area contributed by atoms with Gasteiger partial charge in [0.05, 0.1) is 14.2 Å². The minimum Gasteiger partial charge on any atom is -0.496 e. The van der Waals surface area contributed by atoms with E-state index in [0.717, 1.165) is 18.7 Å². The molecule has 0 bridgehead atoms. The Hall–Kier alpha value is -2.87. The zero-order valence-electron chi connectivity index (χ0n) is 15.5. The molecular formula is C19H24N4O4. The molecule has 0 aliphatic carbocycles. The van der Waals surface area contributed by atoms with E-state index in [1.54, 1.807) is 23.0 Å². The van der Waals surface area contributed by atoms with Crippen molar-refractivity contribution in [3.63, 3.8) is 0 Å². The second-order valence-corrected chi connectivity index (χ2v) is 6.44. The van der Waals surface area contributed by atoms with Crippen LogP contribution in [-0.2, 0) is 21.6 Å². The highest BCUT2D eigenvalue weighted by molar-refractivity contribution is 5.92. The van der Waals surface area contributed by atoms with E-state index in [4.69, 9.17) is 9.47 Å². The van der Waals surface area contributed by atoms with Crippen LogP contribution >= 0.6 is 0 Å². The Morgan fingerprint density at radius 3 is 2.70 bits per heavy atom. The molecule has 0 atom stereocenters. The normalized spacial score (nSPS) is 15.8. The highest BCUT2D eigenvalue weighted by Gasteiger charge is 2.41. The van der Waals surface area contributed by atoms with Crippen LogP contribution in [0.1, 0.15) is 28.8 Å². The molecule has 8 nitrogen and oxygen atoms in total. The molecule has 0 spiro atoms. The summed E-state index contributed by atoms with van der Waals surface area (Å²) in [7, 11) is 2.81. The predicted octanol–water partition coefficient (Wildman–Crippen LogP) is 1.07. The molecular weight excluding hydrogens is 348 g/mol. The van der Waals surface area contributed by atoms with Crippen molar-refractivity contribution in [2.24, 2.45) is 0 Å². The summed E-state index contributed by atoms with van der Waals surface area (Å²) in [5.41, 5.74) is 0.413. The SMILES string of the molecule is COC(=O)c1cc(CNC(=O)C2(n3cccn3)CCNCC2)ccc1OC. The van der Waals surface area contributed by atoms with Crippen LogP contribution in [0.2, 0.25) is 0 Å². The first kappa shape index (κ1) is 18.9. The topological polar surface area (TPSA) is 94.5 Å². The Labute approximate surface area is 157 Å². The molecule has 1 aliphatic heterocycles. The number of esters is 1. The van der Waals surface area contributed by atoms with Gasteiger partial charge in [-0.05, 0) is 49.7 Å². The van der Waals surface area contributed by atoms with E-state index in [1.807, 2.05) is 18.3 Å². The predicted molar refractivity (Wildman–Crippen MR) is 98.5 cm³/mol. The van der Waals surface area contributed by atoms with Gasteiger partial charge in [-0.25, -0.2) is 4.79 Å². The van der Waals surface area contributed by atoms with Crippen molar-refractivity contribution >= 4 is 11.9 Å². The van der Waals surface area contributed by atoms with Crippen molar-refractivity contribution in [2.75, 3.05) is 27.3 Å². The summed E-state index contributed by atoms with van der Waals surface area (Å²) in [5.74, 6) is -0.127. The molecule has 8 heteroatoms. The van der Waals surface area contributed by atoms with Gasteiger partial charge < -0.3 is 20.1 Å². The van der Waals surface area contributed by atoms with Crippen LogP contribution in [-0.4, -0.2) is 49.0 Å². The summed E-state index contributed by atoms with van der Waals surface area (Å²) < 4.78 is 11.7. The number of piperidine rings is 1. The number of nitrogens with zero attached hydrogens (tertiary/aromatic N) is 2. The molecule has 1 saturated heterocycles. The fourth-order valence-electron chi connectivity index (χ4n) is 3.40. The van der Waals surface area contributed by atoms with Crippen molar-refractivity contribution in [1.82, 2.24) is 20.4 Å². The third kappa shape index (κ3) is 3.80. The Morgan fingerprint density at radius 1 is 1.30 bits per heavy atom. The fourth-order valence-corrected chi connectivity index (χ4v) is 3.40. The summed E-state index contributed by atoms with van der Waals surface area (Å²) in [6, 6.07) is 7.01. The molecule has 1 aromatic carbocycles. The Morgan fingerprint density at radius 2 is 2.07 bits per heavy atom. The number of benzene rings is 1. The first-order valence-electron chi connectivity index (χ1n) is 8.85. The fraction of sp³-hybridized carbons (Fsp3) is 0.421. The zero-order chi connectivity index (χ0) is 19.3. The highest BCUT2D eigenvalue weighted by Crippen LogP contribution is 2.27. The molecule has 27 heavy (non-hydrogen) atoms. The minimum absolute atomic E-state index is 0.0804. The second kappa shape index (κ2) is 8.22. The summed E-state index contributed by atoms with van der Waals surface area (Å²) in [5, 5.41) is 10.6. The van der Waals surface area contributed by atoms with Gasteiger partial charge in [-0.1, -0.05) is 6.07 Å². The Bertz CT molecular complexity index is 798. The number of methoxy groups -OCH3 is 2. The van der Waals surface area contributed by atoms with E-state index in [1.165, 1.54) is 14.2 Å². The number of hydrogen-bond donors (Lipinski definition) is 2. The van der Waals surface area contributed by atoms with Gasteiger partial charge in [-0.3, -0.25) is 9.48 Å². The van der Waals surface area contributed by atoms with E-state index >= 15 is 0 Å². The molecule has 1 amide bonds. The molecule has 0 unspecified atom stereocenters. The molecule has 1 aromatic heterocycles. The number of aromatic nitrogens is 2. The third-order valence-corrected chi connectivity index (χ3v) is 4.92. The van der Waals surface area contributed by atoms with E-state index in [0.29, 0.717) is 30.7 Å². The van der Waals surface area contributed by atoms with Crippen LogP contribution in [0.4, 0.5) is 0 Å². The number of rotatable bonds is 6. The van der Waals surface area contributed by atoms with Crippen LogP contribution in [0.5, 0.6) is 5.75 Å². The zero-order valence-corrected chi connectivity index (χ0v) is 15.5. The lowest BCUT2D eigenvalue weighted by molar-refractivity contribution is -0.132. The maximum atomic E-state index is 13.1. The maximum Gasteiger partial charge on any atom is 0.341 e. The van der Waals surface area contributed by atoms with Crippen molar-refractivity contribution in [3.8, 4) is 5.75 Å². The lowest BCUT2D eigenvalue weighted by Gasteiger charge is -2.36. The van der Waals surface area contributed by atoms with Crippen LogP contribution < -0.4 is 15.4 Å².